The smallest absolute Gasteiger partial charge is 0.221 e. The Balaban J connectivity index is 2.81. The van der Waals surface area contributed by atoms with Crippen LogP contribution in [-0.4, -0.2) is 5.91 Å². The molecule has 1 saturated carbocycles. The van der Waals surface area contributed by atoms with E-state index in [0.717, 1.165) is 19.3 Å². The zero-order valence-electron chi connectivity index (χ0n) is 8.81. The van der Waals surface area contributed by atoms with Gasteiger partial charge in [-0.15, -0.1) is 0 Å². The fraction of sp³-hybridized carbons (Fsp3) is 0.909. The van der Waals surface area contributed by atoms with Gasteiger partial charge in [-0.2, -0.15) is 0 Å². The number of hydrogen-bond donors (Lipinski definition) is 1. The molecule has 2 nitrogen and oxygen atoms in total. The molecule has 0 aromatic rings. The minimum Gasteiger partial charge on any atom is -0.369 e. The lowest BCUT2D eigenvalue weighted by Gasteiger charge is -2.41. The molecule has 76 valence electrons. The van der Waals surface area contributed by atoms with E-state index in [0.29, 0.717) is 0 Å². The largest absolute Gasteiger partial charge is 0.369 e. The van der Waals surface area contributed by atoms with Crippen LogP contribution in [0.25, 0.3) is 0 Å². The number of rotatable bonds is 3. The molecule has 0 aliphatic heterocycles. The minimum absolute atomic E-state index is 0.0802. The van der Waals surface area contributed by atoms with Gasteiger partial charge in [-0.25, -0.2) is 0 Å². The van der Waals surface area contributed by atoms with Crippen LogP contribution in [0.2, 0.25) is 0 Å². The first-order chi connectivity index (χ1) is 6.16. The summed E-state index contributed by atoms with van der Waals surface area (Å²) in [5.41, 5.74) is 5.68. The molecule has 1 aliphatic rings. The van der Waals surface area contributed by atoms with E-state index in [1.54, 1.807) is 0 Å². The second-order valence-corrected chi connectivity index (χ2v) is 4.27. The van der Waals surface area contributed by atoms with Crippen molar-refractivity contribution in [2.75, 3.05) is 0 Å². The Morgan fingerprint density at radius 3 is 2.38 bits per heavy atom. The van der Waals surface area contributed by atoms with E-state index in [4.69, 9.17) is 5.73 Å². The molecule has 1 rings (SSSR count). The maximum Gasteiger partial charge on any atom is 0.221 e. The summed E-state index contributed by atoms with van der Waals surface area (Å²) in [5, 5.41) is 0. The Bertz CT molecular complexity index is 185. The first-order valence-corrected chi connectivity index (χ1v) is 5.45. The lowest BCUT2D eigenvalue weighted by molar-refractivity contribution is -0.128. The van der Waals surface area contributed by atoms with Crippen molar-refractivity contribution in [1.29, 1.82) is 0 Å². The molecule has 0 aromatic carbocycles. The van der Waals surface area contributed by atoms with Gasteiger partial charge in [0.25, 0.3) is 0 Å². The van der Waals surface area contributed by atoms with Crippen LogP contribution in [0, 0.1) is 11.3 Å². The average molecular weight is 183 g/mol. The van der Waals surface area contributed by atoms with Crippen LogP contribution in [0.5, 0.6) is 0 Å². The molecule has 1 atom stereocenters. The van der Waals surface area contributed by atoms with Crippen LogP contribution >= 0.6 is 0 Å². The van der Waals surface area contributed by atoms with E-state index in [1.165, 1.54) is 19.3 Å². The highest BCUT2D eigenvalue weighted by atomic mass is 16.1. The maximum atomic E-state index is 11.3. The molecule has 2 heteroatoms. The van der Waals surface area contributed by atoms with Crippen LogP contribution in [0.4, 0.5) is 0 Å². The fourth-order valence-corrected chi connectivity index (χ4v) is 2.85. The van der Waals surface area contributed by atoms with E-state index in [2.05, 4.69) is 13.8 Å². The number of primary amides is 1. The van der Waals surface area contributed by atoms with Gasteiger partial charge in [-0.05, 0) is 31.1 Å². The summed E-state index contributed by atoms with van der Waals surface area (Å²) in [4.78, 5) is 11.3. The molecule has 0 radical (unpaired) electrons. The Morgan fingerprint density at radius 2 is 2.00 bits per heavy atom. The van der Waals surface area contributed by atoms with Gasteiger partial charge in [0.15, 0.2) is 0 Å². The summed E-state index contributed by atoms with van der Waals surface area (Å²) >= 11 is 0. The summed E-state index contributed by atoms with van der Waals surface area (Å²) in [6.45, 7) is 4.37. The predicted molar refractivity (Wildman–Crippen MR) is 54.2 cm³/mol. The molecular weight excluding hydrogens is 162 g/mol. The summed E-state index contributed by atoms with van der Waals surface area (Å²) in [6.07, 6.45) is 6.83. The molecule has 1 amide bonds. The number of carbonyl (C=O) groups is 1. The quantitative estimate of drug-likeness (QED) is 0.717. The van der Waals surface area contributed by atoms with E-state index < -0.39 is 0 Å². The zero-order valence-corrected chi connectivity index (χ0v) is 8.81. The van der Waals surface area contributed by atoms with E-state index in [1.807, 2.05) is 0 Å². The second-order valence-electron chi connectivity index (χ2n) is 4.27. The molecule has 0 aromatic heterocycles. The highest BCUT2D eigenvalue weighted by Gasteiger charge is 2.40. The predicted octanol–water partition coefficient (Wildman–Crippen LogP) is 2.47. The molecule has 0 bridgehead atoms. The van der Waals surface area contributed by atoms with Gasteiger partial charge in [0, 0.05) is 5.92 Å². The normalized spacial score (nSPS) is 27.1. The first-order valence-electron chi connectivity index (χ1n) is 5.45. The summed E-state index contributed by atoms with van der Waals surface area (Å²) in [7, 11) is 0. The number of carbonyl (C=O) groups excluding carboxylic acids is 1. The maximum absolute atomic E-state index is 11.3. The van der Waals surface area contributed by atoms with Crippen molar-refractivity contribution in [1.82, 2.24) is 0 Å². The molecule has 13 heavy (non-hydrogen) atoms. The molecule has 1 aliphatic carbocycles. The standard InChI is InChI=1S/C11H21NO/c1-3-11(4-2)8-6-5-7-9(11)10(12)13/h9H,3-8H2,1-2H3,(H2,12,13). The zero-order chi connectivity index (χ0) is 9.90. The lowest BCUT2D eigenvalue weighted by atomic mass is 9.63. The summed E-state index contributed by atoms with van der Waals surface area (Å²) in [5.74, 6) is 0.0552. The van der Waals surface area contributed by atoms with Crippen molar-refractivity contribution < 1.29 is 4.79 Å². The van der Waals surface area contributed by atoms with Gasteiger partial charge < -0.3 is 5.73 Å². The molecular formula is C11H21NO. The monoisotopic (exact) mass is 183 g/mol. The lowest BCUT2D eigenvalue weighted by Crippen LogP contribution is -2.41. The van der Waals surface area contributed by atoms with Crippen molar-refractivity contribution in [2.45, 2.75) is 52.4 Å². The molecule has 1 unspecified atom stereocenters. The molecule has 1 fully saturated rings. The third-order valence-electron chi connectivity index (χ3n) is 3.91. The van der Waals surface area contributed by atoms with Gasteiger partial charge in [0.1, 0.15) is 0 Å². The van der Waals surface area contributed by atoms with Crippen LogP contribution in [0.1, 0.15) is 52.4 Å². The Hall–Kier alpha value is -0.530. The van der Waals surface area contributed by atoms with Crippen molar-refractivity contribution in [3.63, 3.8) is 0 Å². The highest BCUT2D eigenvalue weighted by molar-refractivity contribution is 5.77. The molecule has 0 saturated heterocycles. The Kier molecular flexibility index (Phi) is 3.34. The second kappa shape index (κ2) is 4.12. The third-order valence-corrected chi connectivity index (χ3v) is 3.91. The van der Waals surface area contributed by atoms with Crippen molar-refractivity contribution in [3.8, 4) is 0 Å². The fourth-order valence-electron chi connectivity index (χ4n) is 2.85. The van der Waals surface area contributed by atoms with Crippen LogP contribution in [0.15, 0.2) is 0 Å². The third kappa shape index (κ3) is 1.87. The Morgan fingerprint density at radius 1 is 1.38 bits per heavy atom. The molecule has 0 heterocycles. The van der Waals surface area contributed by atoms with Gasteiger partial charge in [-0.1, -0.05) is 26.7 Å². The van der Waals surface area contributed by atoms with Gasteiger partial charge in [0.05, 0.1) is 0 Å². The average Bonchev–Trinajstić information content (AvgIpc) is 2.17. The van der Waals surface area contributed by atoms with Crippen LogP contribution < -0.4 is 5.73 Å². The van der Waals surface area contributed by atoms with Gasteiger partial charge in [0.2, 0.25) is 5.91 Å². The van der Waals surface area contributed by atoms with Crippen molar-refractivity contribution in [2.24, 2.45) is 17.1 Å². The summed E-state index contributed by atoms with van der Waals surface area (Å²) in [6, 6.07) is 0. The summed E-state index contributed by atoms with van der Waals surface area (Å²) < 4.78 is 0. The SMILES string of the molecule is CCC1(CC)CCCCC1C(N)=O. The van der Waals surface area contributed by atoms with E-state index in [9.17, 15) is 4.79 Å². The minimum atomic E-state index is -0.0802. The van der Waals surface area contributed by atoms with Gasteiger partial charge >= 0.3 is 0 Å². The number of hydrogen-bond acceptors (Lipinski definition) is 1. The number of nitrogens with two attached hydrogens (primary N) is 1. The number of amides is 1. The Labute approximate surface area is 80.9 Å². The molecule has 2 N–H and O–H groups in total. The topological polar surface area (TPSA) is 43.1 Å². The van der Waals surface area contributed by atoms with Crippen molar-refractivity contribution >= 4 is 5.91 Å². The molecule has 0 spiro atoms. The highest BCUT2D eigenvalue weighted by Crippen LogP contribution is 2.46. The van der Waals surface area contributed by atoms with Crippen LogP contribution in [0.3, 0.4) is 0 Å². The van der Waals surface area contributed by atoms with E-state index in [-0.39, 0.29) is 17.2 Å². The first kappa shape index (κ1) is 10.6. The van der Waals surface area contributed by atoms with Gasteiger partial charge in [-0.3, -0.25) is 4.79 Å². The van der Waals surface area contributed by atoms with E-state index >= 15 is 0 Å². The van der Waals surface area contributed by atoms with Crippen LogP contribution in [-0.2, 0) is 4.79 Å². The van der Waals surface area contributed by atoms with Crippen molar-refractivity contribution in [3.05, 3.63) is 0 Å².